The Kier molecular flexibility index (Phi) is 3.95. The highest BCUT2D eigenvalue weighted by Crippen LogP contribution is 2.32. The van der Waals surface area contributed by atoms with Gasteiger partial charge in [-0.2, -0.15) is 0 Å². The van der Waals surface area contributed by atoms with E-state index in [1.54, 1.807) is 18.5 Å². The first kappa shape index (κ1) is 14.9. The van der Waals surface area contributed by atoms with Crippen molar-refractivity contribution < 1.29 is 4.79 Å². The summed E-state index contributed by atoms with van der Waals surface area (Å²) in [7, 11) is 0. The minimum atomic E-state index is 0.104. The first-order valence-corrected chi connectivity index (χ1v) is 8.98. The van der Waals surface area contributed by atoms with Crippen LogP contribution in [0.3, 0.4) is 0 Å². The summed E-state index contributed by atoms with van der Waals surface area (Å²) < 4.78 is 0.660. The zero-order valence-electron chi connectivity index (χ0n) is 12.6. The molecule has 5 heterocycles. The summed E-state index contributed by atoms with van der Waals surface area (Å²) in [6.07, 6.45) is 5.74. The van der Waals surface area contributed by atoms with Gasteiger partial charge in [-0.1, -0.05) is 11.6 Å². The quantitative estimate of drug-likeness (QED) is 0.837. The van der Waals surface area contributed by atoms with Gasteiger partial charge in [0.1, 0.15) is 0 Å². The monoisotopic (exact) mass is 348 g/mol. The molecule has 0 unspecified atom stereocenters. The molecule has 5 rings (SSSR count). The number of anilines is 1. The van der Waals surface area contributed by atoms with Gasteiger partial charge in [-0.15, -0.1) is 11.3 Å². The van der Waals surface area contributed by atoms with Crippen molar-refractivity contribution >= 4 is 34.8 Å². The number of carbonyl (C=O) groups is 1. The van der Waals surface area contributed by atoms with E-state index in [0.717, 1.165) is 43.3 Å². The van der Waals surface area contributed by atoms with E-state index in [1.807, 2.05) is 17.0 Å². The summed E-state index contributed by atoms with van der Waals surface area (Å²) in [5.74, 6) is 1.34. The Hall–Kier alpha value is -1.66. The molecule has 0 aromatic carbocycles. The molecule has 3 aliphatic heterocycles. The topological polar surface area (TPSA) is 49.3 Å². The zero-order chi connectivity index (χ0) is 15.8. The molecule has 3 saturated heterocycles. The van der Waals surface area contributed by atoms with Crippen LogP contribution in [0.5, 0.6) is 0 Å². The van der Waals surface area contributed by atoms with Crippen molar-refractivity contribution in [2.45, 2.75) is 18.9 Å². The van der Waals surface area contributed by atoms with Crippen LogP contribution in [-0.2, 0) is 0 Å². The van der Waals surface area contributed by atoms with Gasteiger partial charge in [0.25, 0.3) is 5.91 Å². The van der Waals surface area contributed by atoms with Crippen LogP contribution in [-0.4, -0.2) is 46.5 Å². The lowest BCUT2D eigenvalue weighted by Gasteiger charge is -2.35. The maximum Gasteiger partial charge on any atom is 0.264 e. The normalized spacial score (nSPS) is 23.9. The Balaban J connectivity index is 1.57. The number of piperidine rings is 1. The second-order valence-corrected chi connectivity index (χ2v) is 7.83. The SMILES string of the molecule is O=C(c1ccc(Cl)s1)N1C[C@H]2CC[C@@H]1CN(c1ncccn1)C2. The van der Waals surface area contributed by atoms with Crippen molar-refractivity contribution in [1.29, 1.82) is 0 Å². The molecule has 0 spiro atoms. The molecule has 0 aliphatic carbocycles. The van der Waals surface area contributed by atoms with Crippen molar-refractivity contribution in [3.8, 4) is 0 Å². The number of thiophene rings is 1. The zero-order valence-corrected chi connectivity index (χ0v) is 14.1. The number of hydrogen-bond acceptors (Lipinski definition) is 5. The molecular weight excluding hydrogens is 332 g/mol. The van der Waals surface area contributed by atoms with E-state index in [9.17, 15) is 4.79 Å². The Labute approximate surface area is 143 Å². The van der Waals surface area contributed by atoms with Gasteiger partial charge in [0.2, 0.25) is 5.95 Å². The molecule has 120 valence electrons. The molecule has 0 radical (unpaired) electrons. The Morgan fingerprint density at radius 1 is 1.17 bits per heavy atom. The van der Waals surface area contributed by atoms with E-state index >= 15 is 0 Å². The number of aromatic nitrogens is 2. The molecule has 7 heteroatoms. The van der Waals surface area contributed by atoms with Crippen molar-refractivity contribution in [3.63, 3.8) is 0 Å². The van der Waals surface area contributed by atoms with Crippen LogP contribution >= 0.6 is 22.9 Å². The van der Waals surface area contributed by atoms with Gasteiger partial charge in [0, 0.05) is 38.1 Å². The lowest BCUT2D eigenvalue weighted by atomic mass is 9.95. The maximum atomic E-state index is 12.8. The number of halogens is 1. The minimum Gasteiger partial charge on any atom is -0.338 e. The third kappa shape index (κ3) is 2.93. The van der Waals surface area contributed by atoms with E-state index < -0.39 is 0 Å². The lowest BCUT2D eigenvalue weighted by Crippen LogP contribution is -2.47. The standard InChI is InChI=1S/C16H17ClN4OS/c17-14-5-4-13(23-14)15(22)21-9-11-2-3-12(21)10-20(8-11)16-18-6-1-7-19-16/h1,4-7,11-12H,2-3,8-10H2/t11-,12+/m0/s1. The van der Waals surface area contributed by atoms with Gasteiger partial charge >= 0.3 is 0 Å². The van der Waals surface area contributed by atoms with Crippen LogP contribution in [0.25, 0.3) is 0 Å². The first-order chi connectivity index (χ1) is 11.2. The summed E-state index contributed by atoms with van der Waals surface area (Å²) in [5.41, 5.74) is 0. The van der Waals surface area contributed by atoms with E-state index in [0.29, 0.717) is 10.3 Å². The highest BCUT2D eigenvalue weighted by atomic mass is 35.5. The smallest absolute Gasteiger partial charge is 0.264 e. The molecule has 3 fully saturated rings. The molecule has 2 atom stereocenters. The number of nitrogens with zero attached hydrogens (tertiary/aromatic N) is 4. The maximum absolute atomic E-state index is 12.8. The fourth-order valence-corrected chi connectivity index (χ4v) is 4.52. The highest BCUT2D eigenvalue weighted by molar-refractivity contribution is 7.17. The average molecular weight is 349 g/mol. The summed E-state index contributed by atoms with van der Waals surface area (Å²) in [4.78, 5) is 26.5. The largest absolute Gasteiger partial charge is 0.338 e. The van der Waals surface area contributed by atoms with Crippen LogP contribution in [0.4, 0.5) is 5.95 Å². The highest BCUT2D eigenvalue weighted by Gasteiger charge is 2.38. The summed E-state index contributed by atoms with van der Waals surface area (Å²) in [5, 5.41) is 0. The molecule has 1 amide bonds. The van der Waals surface area contributed by atoms with Gasteiger partial charge in [-0.3, -0.25) is 4.79 Å². The molecule has 0 N–H and O–H groups in total. The first-order valence-electron chi connectivity index (χ1n) is 7.79. The number of fused-ring (bicyclic) bond motifs is 4. The van der Waals surface area contributed by atoms with E-state index in [2.05, 4.69) is 14.9 Å². The van der Waals surface area contributed by atoms with E-state index in [1.165, 1.54) is 11.3 Å². The second-order valence-electron chi connectivity index (χ2n) is 6.11. The predicted molar refractivity (Wildman–Crippen MR) is 91.1 cm³/mol. The van der Waals surface area contributed by atoms with Crippen molar-refractivity contribution in [2.24, 2.45) is 5.92 Å². The Morgan fingerprint density at radius 3 is 2.74 bits per heavy atom. The van der Waals surface area contributed by atoms with Crippen LogP contribution < -0.4 is 4.90 Å². The van der Waals surface area contributed by atoms with Gasteiger partial charge in [0.15, 0.2) is 0 Å². The van der Waals surface area contributed by atoms with Gasteiger partial charge in [0.05, 0.1) is 9.21 Å². The fraction of sp³-hybridized carbons (Fsp3) is 0.438. The molecule has 2 aromatic rings. The molecule has 3 aliphatic rings. The van der Waals surface area contributed by atoms with Gasteiger partial charge < -0.3 is 9.80 Å². The lowest BCUT2D eigenvalue weighted by molar-refractivity contribution is 0.0597. The van der Waals surface area contributed by atoms with Crippen LogP contribution in [0.2, 0.25) is 4.34 Å². The molecule has 23 heavy (non-hydrogen) atoms. The fourth-order valence-electron chi connectivity index (χ4n) is 3.52. The minimum absolute atomic E-state index is 0.104. The van der Waals surface area contributed by atoms with E-state index in [-0.39, 0.29) is 11.9 Å². The van der Waals surface area contributed by atoms with Crippen molar-refractivity contribution in [2.75, 3.05) is 24.5 Å². The van der Waals surface area contributed by atoms with Crippen LogP contribution in [0.1, 0.15) is 22.5 Å². The van der Waals surface area contributed by atoms with Crippen molar-refractivity contribution in [1.82, 2.24) is 14.9 Å². The average Bonchev–Trinajstić information content (AvgIpc) is 2.82. The number of rotatable bonds is 2. The molecule has 2 aromatic heterocycles. The summed E-state index contributed by atoms with van der Waals surface area (Å²) in [6, 6.07) is 5.66. The third-order valence-corrected chi connectivity index (χ3v) is 5.81. The van der Waals surface area contributed by atoms with Gasteiger partial charge in [-0.05, 0) is 37.0 Å². The van der Waals surface area contributed by atoms with Crippen molar-refractivity contribution in [3.05, 3.63) is 39.8 Å². The second kappa shape index (κ2) is 6.09. The van der Waals surface area contributed by atoms with Gasteiger partial charge in [-0.25, -0.2) is 9.97 Å². The Bertz CT molecular complexity index is 707. The van der Waals surface area contributed by atoms with E-state index in [4.69, 9.17) is 11.6 Å². The summed E-state index contributed by atoms with van der Waals surface area (Å²) >= 11 is 7.34. The molecule has 0 saturated carbocycles. The number of amides is 1. The van der Waals surface area contributed by atoms with Crippen LogP contribution in [0, 0.1) is 5.92 Å². The number of carbonyl (C=O) groups excluding carboxylic acids is 1. The Morgan fingerprint density at radius 2 is 2.00 bits per heavy atom. The molecule has 5 nitrogen and oxygen atoms in total. The summed E-state index contributed by atoms with van der Waals surface area (Å²) in [6.45, 7) is 2.52. The molecular formula is C16H17ClN4OS. The van der Waals surface area contributed by atoms with Crippen LogP contribution in [0.15, 0.2) is 30.6 Å². The molecule has 2 bridgehead atoms. The predicted octanol–water partition coefficient (Wildman–Crippen LogP) is 2.93. The third-order valence-electron chi connectivity index (χ3n) is 4.59. The number of hydrogen-bond donors (Lipinski definition) is 0.